The zero-order valence-corrected chi connectivity index (χ0v) is 28.9. The average Bonchev–Trinajstić information content (AvgIpc) is 3.22. The van der Waals surface area contributed by atoms with Gasteiger partial charge in [0.1, 0.15) is 0 Å². The number of ketones is 1. The van der Waals surface area contributed by atoms with E-state index in [2.05, 4.69) is 123 Å². The Morgan fingerprint density at radius 3 is 1.65 bits per heavy atom. The first-order valence-corrected chi connectivity index (χ1v) is 17.5. The summed E-state index contributed by atoms with van der Waals surface area (Å²) in [7, 11) is 0. The van der Waals surface area contributed by atoms with Crippen LogP contribution in [0.25, 0.3) is 45.0 Å². The lowest BCUT2D eigenvalue weighted by Crippen LogP contribution is -2.38. The molecule has 0 N–H and O–H groups in total. The lowest BCUT2D eigenvalue weighted by molar-refractivity contribution is 0.103. The van der Waals surface area contributed by atoms with Gasteiger partial charge in [0.05, 0.1) is 16.8 Å². The molecule has 0 spiro atoms. The number of nitrogens with zero attached hydrogens (tertiary/aromatic N) is 2. The van der Waals surface area contributed by atoms with Gasteiger partial charge in [0, 0.05) is 27.8 Å². The summed E-state index contributed by atoms with van der Waals surface area (Å²) >= 11 is 0. The summed E-state index contributed by atoms with van der Waals surface area (Å²) in [5.41, 5.74) is 11.5. The first kappa shape index (κ1) is 32.5. The molecular formula is C49H36N2O. The predicted octanol–water partition coefficient (Wildman–Crippen LogP) is 11.7. The van der Waals surface area contributed by atoms with Crippen LogP contribution in [0.3, 0.4) is 0 Å². The highest BCUT2D eigenvalue weighted by Gasteiger charge is 2.46. The Hall–Kier alpha value is -6.71. The highest BCUT2D eigenvalue weighted by atomic mass is 16.1. The number of carbonyl (C=O) groups excluding carboxylic acids is 1. The van der Waals surface area contributed by atoms with Gasteiger partial charge in [-0.2, -0.15) is 0 Å². The van der Waals surface area contributed by atoms with E-state index in [0.717, 1.165) is 61.5 Å². The van der Waals surface area contributed by atoms with Crippen LogP contribution < -0.4 is 0 Å². The molecule has 1 heterocycles. The maximum absolute atomic E-state index is 14.1. The van der Waals surface area contributed by atoms with Gasteiger partial charge in [-0.3, -0.25) is 4.79 Å². The third-order valence-electron chi connectivity index (χ3n) is 10.0. The lowest BCUT2D eigenvalue weighted by Gasteiger charge is -2.43. The van der Waals surface area contributed by atoms with Gasteiger partial charge in [-0.1, -0.05) is 183 Å². The number of rotatable bonds is 8. The molecular weight excluding hydrogens is 633 g/mol. The number of fused-ring (bicyclic) bond motifs is 1. The summed E-state index contributed by atoms with van der Waals surface area (Å²) < 4.78 is 0. The quantitative estimate of drug-likeness (QED) is 0.151. The molecule has 6 aromatic carbocycles. The molecule has 1 atom stereocenters. The van der Waals surface area contributed by atoms with Crippen molar-refractivity contribution >= 4 is 5.78 Å². The lowest BCUT2D eigenvalue weighted by atomic mass is 9.58. The Bertz CT molecular complexity index is 2440. The van der Waals surface area contributed by atoms with Gasteiger partial charge >= 0.3 is 0 Å². The molecule has 3 nitrogen and oxygen atoms in total. The average molecular weight is 669 g/mol. The van der Waals surface area contributed by atoms with Crippen LogP contribution in [0.5, 0.6) is 0 Å². The maximum Gasteiger partial charge on any atom is 0.193 e. The van der Waals surface area contributed by atoms with Crippen molar-refractivity contribution in [3.63, 3.8) is 0 Å². The molecule has 1 aliphatic rings. The molecule has 7 aromatic rings. The van der Waals surface area contributed by atoms with E-state index in [9.17, 15) is 4.79 Å². The van der Waals surface area contributed by atoms with Crippen molar-refractivity contribution in [2.24, 2.45) is 0 Å². The standard InChI is InChI=1S/C49H36N2O/c1-3-4-27-40-34(2)49(39-25-12-7-13-26-39,44-31-17-15-29-42(44)47(40)52)43-30-16-14-28-41(43)37-23-18-24-38(32-37)48-50-45(35-19-8-5-9-20-35)33-46(51-48)36-21-10-6-11-22-36/h3-33H,1H2,2H3/b27-4-. The molecule has 1 aromatic heterocycles. The Balaban J connectivity index is 1.37. The molecule has 0 aliphatic heterocycles. The van der Waals surface area contributed by atoms with Crippen molar-refractivity contribution in [2.75, 3.05) is 0 Å². The fourth-order valence-electron chi connectivity index (χ4n) is 7.63. The molecule has 0 saturated carbocycles. The third kappa shape index (κ3) is 5.63. The van der Waals surface area contributed by atoms with E-state index in [-0.39, 0.29) is 5.78 Å². The summed E-state index contributed by atoms with van der Waals surface area (Å²) in [6.45, 7) is 6.00. The van der Waals surface area contributed by atoms with Crippen LogP contribution in [-0.4, -0.2) is 15.8 Å². The highest BCUT2D eigenvalue weighted by Crippen LogP contribution is 2.53. The van der Waals surface area contributed by atoms with E-state index >= 15 is 0 Å². The van der Waals surface area contributed by atoms with Crippen molar-refractivity contribution in [1.82, 2.24) is 9.97 Å². The molecule has 0 saturated heterocycles. The summed E-state index contributed by atoms with van der Waals surface area (Å²) in [6, 6.07) is 58.2. The van der Waals surface area contributed by atoms with Crippen molar-refractivity contribution in [1.29, 1.82) is 0 Å². The third-order valence-corrected chi connectivity index (χ3v) is 10.0. The van der Waals surface area contributed by atoms with Crippen LogP contribution in [-0.2, 0) is 5.41 Å². The Morgan fingerprint density at radius 1 is 0.538 bits per heavy atom. The smallest absolute Gasteiger partial charge is 0.193 e. The highest BCUT2D eigenvalue weighted by molar-refractivity contribution is 6.14. The van der Waals surface area contributed by atoms with Crippen LogP contribution in [0, 0.1) is 0 Å². The Morgan fingerprint density at radius 2 is 1.04 bits per heavy atom. The van der Waals surface area contributed by atoms with Gasteiger partial charge in [-0.05, 0) is 52.4 Å². The number of Topliss-reactive ketones (excluding diaryl/α,β-unsaturated/α-hetero) is 1. The molecule has 0 bridgehead atoms. The van der Waals surface area contributed by atoms with Crippen molar-refractivity contribution in [2.45, 2.75) is 12.3 Å². The Kier molecular flexibility index (Phi) is 8.68. The second-order valence-corrected chi connectivity index (χ2v) is 12.9. The fourth-order valence-corrected chi connectivity index (χ4v) is 7.63. The fraction of sp³-hybridized carbons (Fsp3) is 0.0408. The number of aromatic nitrogens is 2. The summed E-state index contributed by atoms with van der Waals surface area (Å²) in [5, 5.41) is 0. The number of allylic oxidation sites excluding steroid dienone is 5. The predicted molar refractivity (Wildman–Crippen MR) is 213 cm³/mol. The van der Waals surface area contributed by atoms with Crippen LogP contribution >= 0.6 is 0 Å². The van der Waals surface area contributed by atoms with Gasteiger partial charge in [-0.25, -0.2) is 9.97 Å². The first-order chi connectivity index (χ1) is 25.6. The number of benzene rings is 6. The van der Waals surface area contributed by atoms with E-state index in [1.165, 1.54) is 0 Å². The van der Waals surface area contributed by atoms with E-state index in [1.54, 1.807) is 6.08 Å². The van der Waals surface area contributed by atoms with E-state index in [4.69, 9.17) is 9.97 Å². The second-order valence-electron chi connectivity index (χ2n) is 12.9. The van der Waals surface area contributed by atoms with Gasteiger partial charge < -0.3 is 0 Å². The first-order valence-electron chi connectivity index (χ1n) is 17.5. The summed E-state index contributed by atoms with van der Waals surface area (Å²) in [5.74, 6) is 0.667. The minimum atomic E-state index is -0.761. The Labute approximate surface area is 305 Å². The van der Waals surface area contributed by atoms with Gasteiger partial charge in [0.25, 0.3) is 0 Å². The summed E-state index contributed by atoms with van der Waals surface area (Å²) in [6.07, 6.45) is 5.47. The number of hydrogen-bond donors (Lipinski definition) is 0. The minimum Gasteiger partial charge on any atom is -0.289 e. The molecule has 8 rings (SSSR count). The van der Waals surface area contributed by atoms with Crippen molar-refractivity contribution < 1.29 is 4.79 Å². The summed E-state index contributed by atoms with van der Waals surface area (Å²) in [4.78, 5) is 24.4. The topological polar surface area (TPSA) is 42.9 Å². The number of carbonyl (C=O) groups is 1. The van der Waals surface area contributed by atoms with E-state index in [0.29, 0.717) is 17.0 Å². The minimum absolute atomic E-state index is 0.0156. The van der Waals surface area contributed by atoms with Crippen LogP contribution in [0.15, 0.2) is 206 Å². The monoisotopic (exact) mass is 668 g/mol. The van der Waals surface area contributed by atoms with E-state index < -0.39 is 5.41 Å². The molecule has 0 radical (unpaired) electrons. The normalized spacial score (nSPS) is 15.4. The largest absolute Gasteiger partial charge is 0.289 e. The van der Waals surface area contributed by atoms with Crippen LogP contribution in [0.4, 0.5) is 0 Å². The van der Waals surface area contributed by atoms with Crippen LogP contribution in [0.2, 0.25) is 0 Å². The molecule has 1 aliphatic carbocycles. The van der Waals surface area contributed by atoms with Gasteiger partial charge in [0.15, 0.2) is 11.6 Å². The molecule has 3 heteroatoms. The molecule has 0 fully saturated rings. The zero-order valence-electron chi connectivity index (χ0n) is 28.9. The van der Waals surface area contributed by atoms with Gasteiger partial charge in [0.2, 0.25) is 0 Å². The van der Waals surface area contributed by atoms with Crippen LogP contribution in [0.1, 0.15) is 34.0 Å². The van der Waals surface area contributed by atoms with Crippen molar-refractivity contribution in [3.05, 3.63) is 228 Å². The second kappa shape index (κ2) is 13.9. The van der Waals surface area contributed by atoms with Gasteiger partial charge in [-0.15, -0.1) is 0 Å². The molecule has 1 unspecified atom stereocenters. The molecule has 248 valence electrons. The number of hydrogen-bond acceptors (Lipinski definition) is 3. The molecule has 52 heavy (non-hydrogen) atoms. The van der Waals surface area contributed by atoms with E-state index in [1.807, 2.05) is 72.8 Å². The molecule has 0 amide bonds. The maximum atomic E-state index is 14.1. The van der Waals surface area contributed by atoms with Crippen molar-refractivity contribution in [3.8, 4) is 45.0 Å². The zero-order chi connectivity index (χ0) is 35.5. The SMILES string of the molecule is C=C/C=C\C1=C(C)C(c2ccccc2)(c2ccccc2-c2cccc(-c3nc(-c4ccccc4)cc(-c4ccccc4)n3)c2)c2ccccc2C1=O.